The van der Waals surface area contributed by atoms with Crippen LogP contribution in [0.15, 0.2) is 24.3 Å². The zero-order valence-corrected chi connectivity index (χ0v) is 10.5. The van der Waals surface area contributed by atoms with Crippen LogP contribution in [-0.2, 0) is 0 Å². The molecule has 3 nitrogen and oxygen atoms in total. The van der Waals surface area contributed by atoms with Crippen LogP contribution in [0.25, 0.3) is 0 Å². The van der Waals surface area contributed by atoms with Gasteiger partial charge in [-0.3, -0.25) is 0 Å². The molecular weight excluding hydrogens is 198 g/mol. The van der Waals surface area contributed by atoms with E-state index >= 15 is 0 Å². The highest BCUT2D eigenvalue weighted by Gasteiger charge is 2.06. The first-order valence-corrected chi connectivity index (χ1v) is 6.00. The third-order valence-electron chi connectivity index (χ3n) is 2.73. The fourth-order valence-electron chi connectivity index (χ4n) is 1.83. The van der Waals surface area contributed by atoms with Crippen LogP contribution in [0.3, 0.4) is 0 Å². The van der Waals surface area contributed by atoms with Crippen molar-refractivity contribution >= 4 is 11.4 Å². The Labute approximate surface area is 98.6 Å². The lowest BCUT2D eigenvalue weighted by molar-refractivity contribution is 0.295. The number of nitrogen functional groups attached to an aromatic ring is 1. The van der Waals surface area contributed by atoms with Gasteiger partial charge in [0.2, 0.25) is 0 Å². The number of likely N-dealkylation sites (N-methyl/N-ethyl adjacent to an activating group) is 1. The van der Waals surface area contributed by atoms with Crippen LogP contribution in [0.2, 0.25) is 0 Å². The highest BCUT2D eigenvalue weighted by Crippen LogP contribution is 2.13. The third kappa shape index (κ3) is 4.11. The molecule has 0 heterocycles. The molecule has 0 amide bonds. The molecule has 0 aliphatic heterocycles. The molecule has 0 saturated heterocycles. The molecule has 0 aliphatic carbocycles. The average Bonchev–Trinajstić information content (AvgIpc) is 2.26. The van der Waals surface area contributed by atoms with Crippen molar-refractivity contribution in [1.29, 1.82) is 0 Å². The van der Waals surface area contributed by atoms with Crippen LogP contribution in [0.5, 0.6) is 0 Å². The fraction of sp³-hybridized carbons (Fsp3) is 0.538. The van der Waals surface area contributed by atoms with E-state index < -0.39 is 0 Å². The van der Waals surface area contributed by atoms with Gasteiger partial charge in [-0.25, -0.2) is 0 Å². The van der Waals surface area contributed by atoms with Gasteiger partial charge in [-0.2, -0.15) is 0 Å². The Morgan fingerprint density at radius 2 is 2.00 bits per heavy atom. The van der Waals surface area contributed by atoms with E-state index in [1.54, 1.807) is 0 Å². The quantitative estimate of drug-likeness (QED) is 0.725. The van der Waals surface area contributed by atoms with Gasteiger partial charge in [0.15, 0.2) is 0 Å². The molecule has 0 spiro atoms. The molecule has 0 fully saturated rings. The molecule has 1 aromatic rings. The number of benzene rings is 1. The van der Waals surface area contributed by atoms with Gasteiger partial charge < -0.3 is 16.0 Å². The van der Waals surface area contributed by atoms with E-state index in [9.17, 15) is 0 Å². The predicted octanol–water partition coefficient (Wildman–Crippen LogP) is 2.41. The van der Waals surface area contributed by atoms with Gasteiger partial charge in [-0.1, -0.05) is 19.9 Å². The first kappa shape index (κ1) is 12.8. The predicted molar refractivity (Wildman–Crippen MR) is 71.7 cm³/mol. The molecule has 0 radical (unpaired) electrons. The molecule has 0 aromatic heterocycles. The van der Waals surface area contributed by atoms with Crippen molar-refractivity contribution in [1.82, 2.24) is 4.90 Å². The fourth-order valence-corrected chi connectivity index (χ4v) is 1.83. The van der Waals surface area contributed by atoms with Gasteiger partial charge in [0, 0.05) is 24.0 Å². The molecule has 3 heteroatoms. The smallest absolute Gasteiger partial charge is 0.0363 e. The molecule has 1 rings (SSSR count). The first-order valence-electron chi connectivity index (χ1n) is 6.00. The van der Waals surface area contributed by atoms with Gasteiger partial charge in [0.25, 0.3) is 0 Å². The van der Waals surface area contributed by atoms with Crippen molar-refractivity contribution in [2.75, 3.05) is 30.7 Å². The molecule has 0 saturated carbocycles. The summed E-state index contributed by atoms with van der Waals surface area (Å²) in [6.07, 6.45) is 0. The van der Waals surface area contributed by atoms with E-state index in [0.717, 1.165) is 31.0 Å². The Bertz CT molecular complexity index is 308. The normalized spacial score (nSPS) is 12.8. The standard InChI is InChI=1S/C13H23N3/c1-4-16(5-2)10-11(3)15-13-8-6-7-12(14)9-13/h6-9,11,15H,4-5,10,14H2,1-3H3. The molecule has 3 N–H and O–H groups in total. The van der Waals surface area contributed by atoms with Gasteiger partial charge in [0.05, 0.1) is 0 Å². The Morgan fingerprint density at radius 3 is 2.56 bits per heavy atom. The Kier molecular flexibility index (Phi) is 5.12. The van der Waals surface area contributed by atoms with E-state index in [1.165, 1.54) is 0 Å². The monoisotopic (exact) mass is 221 g/mol. The van der Waals surface area contributed by atoms with Crippen molar-refractivity contribution in [2.45, 2.75) is 26.8 Å². The molecule has 0 bridgehead atoms. The number of nitrogens with two attached hydrogens (primary N) is 1. The van der Waals surface area contributed by atoms with Crippen molar-refractivity contribution in [2.24, 2.45) is 0 Å². The zero-order valence-electron chi connectivity index (χ0n) is 10.5. The summed E-state index contributed by atoms with van der Waals surface area (Å²) in [6.45, 7) is 9.83. The summed E-state index contributed by atoms with van der Waals surface area (Å²) < 4.78 is 0. The lowest BCUT2D eigenvalue weighted by Crippen LogP contribution is -2.34. The average molecular weight is 221 g/mol. The van der Waals surface area contributed by atoms with Gasteiger partial charge in [0.1, 0.15) is 0 Å². The minimum absolute atomic E-state index is 0.432. The van der Waals surface area contributed by atoms with E-state index in [1.807, 2.05) is 18.2 Å². The van der Waals surface area contributed by atoms with E-state index in [2.05, 4.69) is 37.1 Å². The van der Waals surface area contributed by atoms with Crippen LogP contribution in [0.1, 0.15) is 20.8 Å². The van der Waals surface area contributed by atoms with Gasteiger partial charge in [-0.15, -0.1) is 0 Å². The van der Waals surface area contributed by atoms with Crippen LogP contribution in [0.4, 0.5) is 11.4 Å². The number of rotatable bonds is 6. The van der Waals surface area contributed by atoms with Crippen LogP contribution >= 0.6 is 0 Å². The highest BCUT2D eigenvalue weighted by atomic mass is 15.1. The zero-order chi connectivity index (χ0) is 12.0. The lowest BCUT2D eigenvalue weighted by atomic mass is 10.2. The minimum atomic E-state index is 0.432. The van der Waals surface area contributed by atoms with E-state index in [-0.39, 0.29) is 0 Å². The second-order valence-electron chi connectivity index (χ2n) is 4.16. The van der Waals surface area contributed by atoms with E-state index in [4.69, 9.17) is 5.73 Å². The summed E-state index contributed by atoms with van der Waals surface area (Å²) >= 11 is 0. The summed E-state index contributed by atoms with van der Waals surface area (Å²) in [5.41, 5.74) is 7.64. The van der Waals surface area contributed by atoms with Crippen molar-refractivity contribution in [3.63, 3.8) is 0 Å². The molecule has 0 aliphatic rings. The molecule has 90 valence electrons. The number of hydrogen-bond donors (Lipinski definition) is 2. The van der Waals surface area contributed by atoms with Crippen molar-refractivity contribution in [3.8, 4) is 0 Å². The number of nitrogens with one attached hydrogen (secondary N) is 1. The molecule has 1 unspecified atom stereocenters. The molecule has 1 aromatic carbocycles. The maximum atomic E-state index is 5.74. The molecular formula is C13H23N3. The maximum Gasteiger partial charge on any atom is 0.0363 e. The minimum Gasteiger partial charge on any atom is -0.399 e. The summed E-state index contributed by atoms with van der Waals surface area (Å²) in [5.74, 6) is 0. The first-order chi connectivity index (χ1) is 7.65. The van der Waals surface area contributed by atoms with Gasteiger partial charge >= 0.3 is 0 Å². The highest BCUT2D eigenvalue weighted by molar-refractivity contribution is 5.54. The molecule has 16 heavy (non-hydrogen) atoms. The number of nitrogens with zero attached hydrogens (tertiary/aromatic N) is 1. The number of hydrogen-bond acceptors (Lipinski definition) is 3. The largest absolute Gasteiger partial charge is 0.399 e. The SMILES string of the molecule is CCN(CC)CC(C)Nc1cccc(N)c1. The summed E-state index contributed by atoms with van der Waals surface area (Å²) in [7, 11) is 0. The maximum absolute atomic E-state index is 5.74. The Balaban J connectivity index is 2.47. The second-order valence-corrected chi connectivity index (χ2v) is 4.16. The van der Waals surface area contributed by atoms with E-state index in [0.29, 0.717) is 6.04 Å². The summed E-state index contributed by atoms with van der Waals surface area (Å²) in [4.78, 5) is 2.41. The second kappa shape index (κ2) is 6.38. The molecule has 1 atom stereocenters. The topological polar surface area (TPSA) is 41.3 Å². The summed E-state index contributed by atoms with van der Waals surface area (Å²) in [5, 5.41) is 3.46. The Hall–Kier alpha value is -1.22. The van der Waals surface area contributed by atoms with Crippen LogP contribution in [-0.4, -0.2) is 30.6 Å². The van der Waals surface area contributed by atoms with Crippen LogP contribution in [0, 0.1) is 0 Å². The van der Waals surface area contributed by atoms with Gasteiger partial charge in [-0.05, 0) is 38.2 Å². The van der Waals surface area contributed by atoms with Crippen molar-refractivity contribution in [3.05, 3.63) is 24.3 Å². The van der Waals surface area contributed by atoms with Crippen LogP contribution < -0.4 is 11.1 Å². The summed E-state index contributed by atoms with van der Waals surface area (Å²) in [6, 6.07) is 8.33. The lowest BCUT2D eigenvalue weighted by Gasteiger charge is -2.24. The Morgan fingerprint density at radius 1 is 1.31 bits per heavy atom. The van der Waals surface area contributed by atoms with Crippen molar-refractivity contribution < 1.29 is 0 Å². The number of anilines is 2. The third-order valence-corrected chi connectivity index (χ3v) is 2.73.